The first-order chi connectivity index (χ1) is 16.8. The van der Waals surface area contributed by atoms with Gasteiger partial charge in [-0.1, -0.05) is 68.0 Å². The average Bonchev–Trinajstić information content (AvgIpc) is 3.62. The third-order valence-corrected chi connectivity index (χ3v) is 9.44. The van der Waals surface area contributed by atoms with Gasteiger partial charge in [0.15, 0.2) is 0 Å². The minimum Gasteiger partial charge on any atom is -0.353 e. The molecule has 7 nitrogen and oxygen atoms in total. The number of carbonyl (C=O) groups excluding carboxylic acids is 2. The summed E-state index contributed by atoms with van der Waals surface area (Å²) >= 11 is 5.99. The van der Waals surface area contributed by atoms with Crippen LogP contribution in [-0.4, -0.2) is 30.7 Å². The van der Waals surface area contributed by atoms with E-state index in [1.165, 1.54) is 37.5 Å². The van der Waals surface area contributed by atoms with Crippen molar-refractivity contribution in [2.75, 3.05) is 5.32 Å². The number of rotatable bonds is 5. The molecule has 2 fully saturated rings. The van der Waals surface area contributed by atoms with Crippen molar-refractivity contribution in [3.05, 3.63) is 58.6 Å². The number of hydrogen-bond donors (Lipinski definition) is 2. The molecule has 0 bridgehead atoms. The second-order valence-corrected chi connectivity index (χ2v) is 12.1. The highest BCUT2D eigenvalue weighted by Gasteiger charge is 2.51. The van der Waals surface area contributed by atoms with Crippen LogP contribution in [0.2, 0.25) is 5.02 Å². The van der Waals surface area contributed by atoms with Crippen molar-refractivity contribution < 1.29 is 18.0 Å². The van der Waals surface area contributed by atoms with Gasteiger partial charge in [0, 0.05) is 11.1 Å². The minimum absolute atomic E-state index is 0.0240. The Labute approximate surface area is 211 Å². The molecule has 3 amide bonds. The van der Waals surface area contributed by atoms with Crippen LogP contribution in [0.1, 0.15) is 68.9 Å². The van der Waals surface area contributed by atoms with E-state index in [2.05, 4.69) is 10.6 Å². The molecule has 1 heterocycles. The fourth-order valence-electron chi connectivity index (χ4n) is 5.17. The van der Waals surface area contributed by atoms with E-state index in [-0.39, 0.29) is 34.1 Å². The Hall–Kier alpha value is -2.58. The van der Waals surface area contributed by atoms with Crippen LogP contribution < -0.4 is 10.6 Å². The summed E-state index contributed by atoms with van der Waals surface area (Å²) in [4.78, 5) is 25.8. The Morgan fingerprint density at radius 1 is 1.03 bits per heavy atom. The van der Waals surface area contributed by atoms with E-state index < -0.39 is 21.5 Å². The van der Waals surface area contributed by atoms with Crippen LogP contribution in [0.4, 0.5) is 10.5 Å². The molecule has 2 aromatic carbocycles. The molecular formula is C26H30ClN3O4S. The van der Waals surface area contributed by atoms with E-state index in [1.807, 2.05) is 12.1 Å². The lowest BCUT2D eigenvalue weighted by Crippen LogP contribution is -2.43. The van der Waals surface area contributed by atoms with Crippen LogP contribution in [0.5, 0.6) is 0 Å². The van der Waals surface area contributed by atoms with Gasteiger partial charge in [-0.25, -0.2) is 17.5 Å². The second-order valence-electron chi connectivity index (χ2n) is 9.88. The van der Waals surface area contributed by atoms with Crippen molar-refractivity contribution >= 4 is 39.2 Å². The van der Waals surface area contributed by atoms with Gasteiger partial charge in [-0.15, -0.1) is 0 Å². The highest BCUT2D eigenvalue weighted by molar-refractivity contribution is 7.90. The van der Waals surface area contributed by atoms with Gasteiger partial charge in [0.05, 0.1) is 17.6 Å². The zero-order chi connectivity index (χ0) is 24.6. The lowest BCUT2D eigenvalue weighted by atomic mass is 9.92. The van der Waals surface area contributed by atoms with Crippen molar-refractivity contribution in [1.29, 1.82) is 0 Å². The molecule has 5 rings (SSSR count). The molecule has 0 radical (unpaired) electrons. The molecule has 35 heavy (non-hydrogen) atoms. The molecular weight excluding hydrogens is 486 g/mol. The molecule has 2 aliphatic carbocycles. The molecule has 0 aromatic heterocycles. The first-order valence-electron chi connectivity index (χ1n) is 12.3. The monoisotopic (exact) mass is 515 g/mol. The number of benzene rings is 2. The highest BCUT2D eigenvalue weighted by atomic mass is 35.5. The SMILES string of the molecule is O=C1Nc2ccc(Cl)cc2S(=O)(=O)N1Cc1ccc(C2(C(=O)NC3CCCCCCC3)CC2)cc1. The Kier molecular flexibility index (Phi) is 6.53. The largest absolute Gasteiger partial charge is 0.353 e. The van der Waals surface area contributed by atoms with Crippen LogP contribution in [-0.2, 0) is 26.8 Å². The molecule has 9 heteroatoms. The molecule has 1 aliphatic heterocycles. The van der Waals surface area contributed by atoms with Crippen LogP contribution in [0.25, 0.3) is 0 Å². The normalized spacial score (nSPS) is 21.3. The van der Waals surface area contributed by atoms with Crippen molar-refractivity contribution in [2.24, 2.45) is 0 Å². The van der Waals surface area contributed by atoms with E-state index in [0.29, 0.717) is 5.56 Å². The summed E-state index contributed by atoms with van der Waals surface area (Å²) in [5.74, 6) is 0.0993. The van der Waals surface area contributed by atoms with Crippen molar-refractivity contribution in [1.82, 2.24) is 9.62 Å². The lowest BCUT2D eigenvalue weighted by molar-refractivity contribution is -0.124. The first-order valence-corrected chi connectivity index (χ1v) is 14.2. The second kappa shape index (κ2) is 9.47. The summed E-state index contributed by atoms with van der Waals surface area (Å²) in [6, 6.07) is 11.3. The molecule has 0 saturated heterocycles. The summed E-state index contributed by atoms with van der Waals surface area (Å²) in [7, 11) is -4.04. The smallest absolute Gasteiger partial charge is 0.336 e. The Balaban J connectivity index is 1.29. The van der Waals surface area contributed by atoms with Gasteiger partial charge < -0.3 is 10.6 Å². The zero-order valence-corrected chi connectivity index (χ0v) is 21.1. The van der Waals surface area contributed by atoms with E-state index in [1.54, 1.807) is 12.1 Å². The molecule has 186 valence electrons. The fraction of sp³-hybridized carbons (Fsp3) is 0.462. The van der Waals surface area contributed by atoms with E-state index >= 15 is 0 Å². The number of urea groups is 1. The molecule has 0 spiro atoms. The number of amides is 3. The molecule has 2 saturated carbocycles. The summed E-state index contributed by atoms with van der Waals surface area (Å²) in [6.07, 6.45) is 9.80. The van der Waals surface area contributed by atoms with E-state index in [4.69, 9.17) is 11.6 Å². The average molecular weight is 516 g/mol. The summed E-state index contributed by atoms with van der Waals surface area (Å²) in [6.45, 7) is -0.109. The summed E-state index contributed by atoms with van der Waals surface area (Å²) < 4.78 is 27.0. The van der Waals surface area contributed by atoms with Crippen molar-refractivity contribution in [3.8, 4) is 0 Å². The number of hydrogen-bond acceptors (Lipinski definition) is 4. The predicted molar refractivity (Wildman–Crippen MR) is 135 cm³/mol. The summed E-state index contributed by atoms with van der Waals surface area (Å²) in [5.41, 5.74) is 1.32. The summed E-state index contributed by atoms with van der Waals surface area (Å²) in [5, 5.41) is 6.20. The topological polar surface area (TPSA) is 95.6 Å². The Bertz CT molecular complexity index is 1230. The number of fused-ring (bicyclic) bond motifs is 1. The van der Waals surface area contributed by atoms with Gasteiger partial charge in [0.25, 0.3) is 10.0 Å². The number of anilines is 1. The van der Waals surface area contributed by atoms with Gasteiger partial charge in [-0.05, 0) is 55.0 Å². The van der Waals surface area contributed by atoms with Crippen molar-refractivity contribution in [2.45, 2.75) is 80.7 Å². The van der Waals surface area contributed by atoms with Crippen LogP contribution >= 0.6 is 11.6 Å². The Morgan fingerprint density at radius 2 is 1.69 bits per heavy atom. The molecule has 0 atom stereocenters. The van der Waals surface area contributed by atoms with Gasteiger partial charge >= 0.3 is 6.03 Å². The van der Waals surface area contributed by atoms with Gasteiger partial charge in [-0.2, -0.15) is 0 Å². The first kappa shape index (κ1) is 24.1. The number of sulfonamides is 1. The quantitative estimate of drug-likeness (QED) is 0.562. The lowest BCUT2D eigenvalue weighted by Gasteiger charge is -2.29. The van der Waals surface area contributed by atoms with Crippen LogP contribution in [0.15, 0.2) is 47.4 Å². The van der Waals surface area contributed by atoms with E-state index in [0.717, 1.165) is 48.4 Å². The van der Waals surface area contributed by atoms with E-state index in [9.17, 15) is 18.0 Å². The van der Waals surface area contributed by atoms with Crippen LogP contribution in [0, 0.1) is 0 Å². The number of nitrogens with one attached hydrogen (secondary N) is 2. The minimum atomic E-state index is -4.04. The Morgan fingerprint density at radius 3 is 2.34 bits per heavy atom. The van der Waals surface area contributed by atoms with Crippen molar-refractivity contribution in [3.63, 3.8) is 0 Å². The highest BCUT2D eigenvalue weighted by Crippen LogP contribution is 2.48. The van der Waals surface area contributed by atoms with Gasteiger partial charge in [0.2, 0.25) is 5.91 Å². The van der Waals surface area contributed by atoms with Gasteiger partial charge in [0.1, 0.15) is 4.90 Å². The molecule has 0 unspecified atom stereocenters. The number of carbonyl (C=O) groups is 2. The van der Waals surface area contributed by atoms with Crippen LogP contribution in [0.3, 0.4) is 0 Å². The van der Waals surface area contributed by atoms with Gasteiger partial charge in [-0.3, -0.25) is 4.79 Å². The molecule has 2 N–H and O–H groups in total. The predicted octanol–water partition coefficient (Wildman–Crippen LogP) is 5.34. The zero-order valence-electron chi connectivity index (χ0n) is 19.6. The maximum atomic E-state index is 13.2. The molecule has 3 aliphatic rings. The third-order valence-electron chi connectivity index (χ3n) is 7.44. The maximum Gasteiger partial charge on any atom is 0.336 e. The fourth-order valence-corrected chi connectivity index (χ4v) is 6.90. The number of nitrogens with zero attached hydrogens (tertiary/aromatic N) is 1. The number of halogens is 1. The third kappa shape index (κ3) is 4.78. The standard InChI is InChI=1S/C26H30ClN3O4S/c27-20-12-13-22-23(16-20)35(33,34)30(25(32)29-22)17-18-8-10-19(11-9-18)26(14-15-26)24(31)28-21-6-4-2-1-3-5-7-21/h8-13,16,21H,1-7,14-15,17H2,(H,28,31)(H,29,32). The molecule has 2 aromatic rings. The maximum absolute atomic E-state index is 13.2.